The number of nitrogens with one attached hydrogen (secondary N) is 1. The minimum Gasteiger partial charge on any atom is -0.378 e. The zero-order chi connectivity index (χ0) is 20.8. The SMILES string of the molecule is COCc1nc(N2CCN(c3ncccn3)CC2)[nH]c(=O)c1CCc1ccccc1. The first kappa shape index (κ1) is 20.0. The summed E-state index contributed by atoms with van der Waals surface area (Å²) in [6.45, 7) is 3.32. The lowest BCUT2D eigenvalue weighted by Crippen LogP contribution is -2.48. The maximum absolute atomic E-state index is 12.9. The minimum atomic E-state index is -0.0863. The average Bonchev–Trinajstić information content (AvgIpc) is 2.80. The van der Waals surface area contributed by atoms with Crippen molar-refractivity contribution < 1.29 is 4.74 Å². The van der Waals surface area contributed by atoms with Crippen LogP contribution in [0.2, 0.25) is 0 Å². The van der Waals surface area contributed by atoms with E-state index < -0.39 is 0 Å². The third-order valence-corrected chi connectivity index (χ3v) is 5.29. The molecule has 0 bridgehead atoms. The van der Waals surface area contributed by atoms with Crippen LogP contribution in [-0.2, 0) is 24.2 Å². The lowest BCUT2D eigenvalue weighted by atomic mass is 10.0. The molecule has 3 heterocycles. The molecular weight excluding hydrogens is 380 g/mol. The van der Waals surface area contributed by atoms with Gasteiger partial charge in [0.2, 0.25) is 11.9 Å². The number of aromatic amines is 1. The lowest BCUT2D eigenvalue weighted by molar-refractivity contribution is 0.180. The summed E-state index contributed by atoms with van der Waals surface area (Å²) in [5.41, 5.74) is 2.52. The van der Waals surface area contributed by atoms with Crippen molar-refractivity contribution >= 4 is 11.9 Å². The Balaban J connectivity index is 1.48. The smallest absolute Gasteiger partial charge is 0.255 e. The van der Waals surface area contributed by atoms with Crippen molar-refractivity contribution in [3.8, 4) is 0 Å². The molecule has 8 nitrogen and oxygen atoms in total. The number of ether oxygens (including phenoxy) is 1. The van der Waals surface area contributed by atoms with Gasteiger partial charge in [-0.05, 0) is 24.5 Å². The third-order valence-electron chi connectivity index (χ3n) is 5.29. The predicted octanol–water partition coefficient (Wildman–Crippen LogP) is 1.82. The predicted molar refractivity (Wildman–Crippen MR) is 116 cm³/mol. The monoisotopic (exact) mass is 406 g/mol. The molecule has 1 fully saturated rings. The van der Waals surface area contributed by atoms with Crippen molar-refractivity contribution in [2.24, 2.45) is 0 Å². The van der Waals surface area contributed by atoms with E-state index in [0.29, 0.717) is 30.2 Å². The number of aryl methyl sites for hydroxylation is 1. The molecule has 1 aromatic carbocycles. The molecule has 4 rings (SSSR count). The van der Waals surface area contributed by atoms with Crippen LogP contribution < -0.4 is 15.4 Å². The number of methoxy groups -OCH3 is 1. The standard InChI is InChI=1S/C22H26N6O2/c1-30-16-19-18(9-8-17-6-3-2-4-7-17)20(29)26-22(25-19)28-14-12-27(13-15-28)21-23-10-5-11-24-21/h2-7,10-11H,8-9,12-16H2,1H3,(H,25,26,29). The van der Waals surface area contributed by atoms with Crippen LogP contribution in [0.1, 0.15) is 16.8 Å². The Morgan fingerprint density at radius 1 is 0.967 bits per heavy atom. The van der Waals surface area contributed by atoms with E-state index in [9.17, 15) is 4.79 Å². The number of hydrogen-bond donors (Lipinski definition) is 1. The first-order valence-electron chi connectivity index (χ1n) is 10.2. The number of anilines is 2. The number of aromatic nitrogens is 4. The highest BCUT2D eigenvalue weighted by molar-refractivity contribution is 5.39. The molecule has 1 aliphatic heterocycles. The molecule has 0 aliphatic carbocycles. The van der Waals surface area contributed by atoms with Gasteiger partial charge in [0.05, 0.1) is 12.3 Å². The molecule has 0 spiro atoms. The van der Waals surface area contributed by atoms with Crippen LogP contribution >= 0.6 is 0 Å². The first-order chi connectivity index (χ1) is 14.7. The van der Waals surface area contributed by atoms with Gasteiger partial charge < -0.3 is 14.5 Å². The Morgan fingerprint density at radius 3 is 2.37 bits per heavy atom. The van der Waals surface area contributed by atoms with E-state index in [4.69, 9.17) is 9.72 Å². The van der Waals surface area contributed by atoms with Crippen LogP contribution in [-0.4, -0.2) is 53.2 Å². The molecule has 30 heavy (non-hydrogen) atoms. The van der Waals surface area contributed by atoms with Gasteiger partial charge in [0.1, 0.15) is 0 Å². The number of hydrogen-bond acceptors (Lipinski definition) is 7. The van der Waals surface area contributed by atoms with Gasteiger partial charge in [0.25, 0.3) is 5.56 Å². The van der Waals surface area contributed by atoms with Crippen molar-refractivity contribution in [1.29, 1.82) is 0 Å². The van der Waals surface area contributed by atoms with Crippen molar-refractivity contribution in [1.82, 2.24) is 19.9 Å². The van der Waals surface area contributed by atoms with E-state index in [2.05, 4.69) is 36.9 Å². The van der Waals surface area contributed by atoms with Crippen molar-refractivity contribution in [2.45, 2.75) is 19.4 Å². The summed E-state index contributed by atoms with van der Waals surface area (Å²) in [6.07, 6.45) is 4.92. The molecule has 1 aliphatic rings. The van der Waals surface area contributed by atoms with Crippen LogP contribution in [0.5, 0.6) is 0 Å². The Bertz CT molecular complexity index is 1000. The fourth-order valence-electron chi connectivity index (χ4n) is 3.68. The van der Waals surface area contributed by atoms with Gasteiger partial charge in [-0.25, -0.2) is 15.0 Å². The van der Waals surface area contributed by atoms with Gasteiger partial charge in [-0.2, -0.15) is 0 Å². The fraction of sp³-hybridized carbons (Fsp3) is 0.364. The summed E-state index contributed by atoms with van der Waals surface area (Å²) in [5.74, 6) is 1.33. The van der Waals surface area contributed by atoms with E-state index in [1.165, 1.54) is 5.56 Å². The van der Waals surface area contributed by atoms with E-state index >= 15 is 0 Å². The topological polar surface area (TPSA) is 87.2 Å². The molecule has 1 saturated heterocycles. The Morgan fingerprint density at radius 2 is 1.67 bits per heavy atom. The van der Waals surface area contributed by atoms with Crippen molar-refractivity contribution in [3.63, 3.8) is 0 Å². The number of nitrogens with zero attached hydrogens (tertiary/aromatic N) is 5. The largest absolute Gasteiger partial charge is 0.378 e. The lowest BCUT2D eigenvalue weighted by Gasteiger charge is -2.35. The zero-order valence-electron chi connectivity index (χ0n) is 17.1. The van der Waals surface area contributed by atoms with Crippen LogP contribution in [0.15, 0.2) is 53.6 Å². The molecule has 0 amide bonds. The first-order valence-corrected chi connectivity index (χ1v) is 10.2. The molecule has 156 valence electrons. The fourth-order valence-corrected chi connectivity index (χ4v) is 3.68. The van der Waals surface area contributed by atoms with Crippen LogP contribution in [0.25, 0.3) is 0 Å². The number of rotatable bonds is 7. The Kier molecular flexibility index (Phi) is 6.34. The highest BCUT2D eigenvalue weighted by atomic mass is 16.5. The van der Waals surface area contributed by atoms with Gasteiger partial charge in [-0.3, -0.25) is 9.78 Å². The molecule has 0 radical (unpaired) electrons. The normalized spacial score (nSPS) is 14.2. The quantitative estimate of drug-likeness (QED) is 0.640. The number of H-pyrrole nitrogens is 1. The molecule has 0 atom stereocenters. The van der Waals surface area contributed by atoms with Gasteiger partial charge in [0, 0.05) is 51.2 Å². The van der Waals surface area contributed by atoms with Gasteiger partial charge in [0.15, 0.2) is 0 Å². The summed E-state index contributed by atoms with van der Waals surface area (Å²) in [4.78, 5) is 33.5. The third kappa shape index (κ3) is 4.65. The van der Waals surface area contributed by atoms with Crippen LogP contribution in [0.4, 0.5) is 11.9 Å². The molecule has 8 heteroatoms. The second kappa shape index (κ2) is 9.49. The van der Waals surface area contributed by atoms with Crippen LogP contribution in [0, 0.1) is 0 Å². The van der Waals surface area contributed by atoms with Gasteiger partial charge >= 0.3 is 0 Å². The highest BCUT2D eigenvalue weighted by Gasteiger charge is 2.22. The summed E-state index contributed by atoms with van der Waals surface area (Å²) in [6, 6.07) is 12.0. The average molecular weight is 406 g/mol. The summed E-state index contributed by atoms with van der Waals surface area (Å²) in [7, 11) is 1.63. The molecule has 1 N–H and O–H groups in total. The second-order valence-corrected chi connectivity index (χ2v) is 7.26. The molecule has 2 aromatic heterocycles. The molecule has 0 unspecified atom stereocenters. The number of benzene rings is 1. The van der Waals surface area contributed by atoms with Gasteiger partial charge in [-0.1, -0.05) is 30.3 Å². The Hall–Kier alpha value is -3.26. The highest BCUT2D eigenvalue weighted by Crippen LogP contribution is 2.16. The molecule has 0 saturated carbocycles. The summed E-state index contributed by atoms with van der Waals surface area (Å²) < 4.78 is 5.33. The summed E-state index contributed by atoms with van der Waals surface area (Å²) >= 11 is 0. The van der Waals surface area contributed by atoms with E-state index in [1.54, 1.807) is 19.5 Å². The molecule has 3 aromatic rings. The maximum atomic E-state index is 12.9. The van der Waals surface area contributed by atoms with E-state index in [-0.39, 0.29) is 5.56 Å². The van der Waals surface area contributed by atoms with Crippen molar-refractivity contribution in [2.75, 3.05) is 43.1 Å². The summed E-state index contributed by atoms with van der Waals surface area (Å²) in [5, 5.41) is 0. The number of piperazine rings is 1. The maximum Gasteiger partial charge on any atom is 0.255 e. The minimum absolute atomic E-state index is 0.0863. The van der Waals surface area contributed by atoms with Gasteiger partial charge in [-0.15, -0.1) is 0 Å². The van der Waals surface area contributed by atoms with Crippen LogP contribution in [0.3, 0.4) is 0 Å². The Labute approximate surface area is 175 Å². The van der Waals surface area contributed by atoms with E-state index in [0.717, 1.165) is 38.5 Å². The van der Waals surface area contributed by atoms with Crippen molar-refractivity contribution in [3.05, 3.63) is 76.0 Å². The second-order valence-electron chi connectivity index (χ2n) is 7.26. The zero-order valence-corrected chi connectivity index (χ0v) is 17.1. The van der Waals surface area contributed by atoms with E-state index in [1.807, 2.05) is 24.3 Å². The molecular formula is C22H26N6O2.